The monoisotopic (exact) mass is 345 g/mol. The summed E-state index contributed by atoms with van der Waals surface area (Å²) in [6, 6.07) is 4.39. The second-order valence-electron chi connectivity index (χ2n) is 4.67. The molecule has 4 nitrogen and oxygen atoms in total. The first-order chi connectivity index (χ1) is 9.13. The van der Waals surface area contributed by atoms with Crippen molar-refractivity contribution < 1.29 is 4.79 Å². The van der Waals surface area contributed by atoms with E-state index in [2.05, 4.69) is 50.5 Å². The average molecular weight is 346 g/mol. The molecule has 1 aliphatic rings. The fourth-order valence-electron chi connectivity index (χ4n) is 2.44. The highest BCUT2D eigenvalue weighted by Gasteiger charge is 2.32. The zero-order valence-electron chi connectivity index (χ0n) is 11.3. The van der Waals surface area contributed by atoms with Crippen LogP contribution < -0.4 is 10.6 Å². The largest absolute Gasteiger partial charge is 0.355 e. The van der Waals surface area contributed by atoms with E-state index in [-0.39, 0.29) is 18.0 Å². The summed E-state index contributed by atoms with van der Waals surface area (Å²) in [7, 11) is 0. The van der Waals surface area contributed by atoms with Gasteiger partial charge in [0.25, 0.3) is 0 Å². The lowest BCUT2D eigenvalue weighted by Gasteiger charge is -2.38. The molecule has 2 N–H and O–H groups in total. The molecular weight excluding hydrogens is 326 g/mol. The first-order valence-corrected chi connectivity index (χ1v) is 8.23. The van der Waals surface area contributed by atoms with Crippen LogP contribution in [0.5, 0.6) is 0 Å². The number of likely N-dealkylation sites (N-methyl/N-ethyl adjacent to an activating group) is 1. The van der Waals surface area contributed by atoms with Gasteiger partial charge in [-0.25, -0.2) is 0 Å². The van der Waals surface area contributed by atoms with Crippen molar-refractivity contribution in [2.45, 2.75) is 25.9 Å². The molecule has 2 atom stereocenters. The molecule has 0 spiro atoms. The lowest BCUT2D eigenvalue weighted by atomic mass is 10.1. The maximum absolute atomic E-state index is 12.2. The van der Waals surface area contributed by atoms with E-state index < -0.39 is 0 Å². The Morgan fingerprint density at radius 3 is 3.11 bits per heavy atom. The zero-order valence-corrected chi connectivity index (χ0v) is 13.7. The molecule has 106 valence electrons. The van der Waals surface area contributed by atoms with Gasteiger partial charge in [0.05, 0.1) is 3.79 Å². The number of carbonyl (C=O) groups is 1. The van der Waals surface area contributed by atoms with Gasteiger partial charge < -0.3 is 10.6 Å². The third-order valence-electron chi connectivity index (χ3n) is 3.44. The van der Waals surface area contributed by atoms with Crippen molar-refractivity contribution in [1.82, 2.24) is 15.5 Å². The average Bonchev–Trinajstić information content (AvgIpc) is 2.85. The molecule has 0 bridgehead atoms. The number of thiophene rings is 1. The quantitative estimate of drug-likeness (QED) is 0.876. The number of halogens is 1. The Balaban J connectivity index is 2.12. The second-order valence-corrected chi connectivity index (χ2v) is 7.16. The fourth-order valence-corrected chi connectivity index (χ4v) is 3.93. The van der Waals surface area contributed by atoms with Gasteiger partial charge in [-0.2, -0.15) is 0 Å². The summed E-state index contributed by atoms with van der Waals surface area (Å²) < 4.78 is 1.14. The number of nitrogens with one attached hydrogen (secondary N) is 2. The van der Waals surface area contributed by atoms with Crippen molar-refractivity contribution in [2.75, 3.05) is 26.2 Å². The van der Waals surface area contributed by atoms with Gasteiger partial charge in [0.1, 0.15) is 6.04 Å². The van der Waals surface area contributed by atoms with E-state index >= 15 is 0 Å². The molecule has 0 aliphatic carbocycles. The van der Waals surface area contributed by atoms with E-state index in [0.717, 1.165) is 23.4 Å². The third kappa shape index (κ3) is 3.56. The molecule has 2 heterocycles. The zero-order chi connectivity index (χ0) is 13.8. The number of piperazine rings is 1. The molecule has 0 saturated carbocycles. The van der Waals surface area contributed by atoms with Crippen LogP contribution in [0, 0.1) is 0 Å². The van der Waals surface area contributed by atoms with Crippen LogP contribution in [0.15, 0.2) is 15.9 Å². The molecular formula is C13H20BrN3OS. The minimum absolute atomic E-state index is 0.0791. The first-order valence-electron chi connectivity index (χ1n) is 6.63. The molecule has 0 radical (unpaired) electrons. The van der Waals surface area contributed by atoms with Crippen LogP contribution in [-0.4, -0.2) is 43.0 Å². The Hall–Kier alpha value is -0.430. The van der Waals surface area contributed by atoms with Gasteiger partial charge in [-0.15, -0.1) is 11.3 Å². The van der Waals surface area contributed by atoms with E-state index in [1.807, 2.05) is 6.92 Å². The van der Waals surface area contributed by atoms with Crippen LogP contribution >= 0.6 is 27.3 Å². The molecule has 1 aromatic rings. The summed E-state index contributed by atoms with van der Waals surface area (Å²) in [6.07, 6.45) is 0. The van der Waals surface area contributed by atoms with Gasteiger partial charge in [0.2, 0.25) is 5.91 Å². The van der Waals surface area contributed by atoms with Crippen molar-refractivity contribution >= 4 is 33.2 Å². The summed E-state index contributed by atoms with van der Waals surface area (Å²) >= 11 is 5.24. The Morgan fingerprint density at radius 1 is 1.68 bits per heavy atom. The minimum atomic E-state index is -0.0791. The van der Waals surface area contributed by atoms with Crippen molar-refractivity contribution in [3.8, 4) is 0 Å². The Kier molecular flexibility index (Phi) is 5.38. The van der Waals surface area contributed by atoms with E-state index in [9.17, 15) is 4.79 Å². The van der Waals surface area contributed by atoms with E-state index in [1.165, 1.54) is 4.88 Å². The van der Waals surface area contributed by atoms with Gasteiger partial charge in [-0.05, 0) is 41.9 Å². The summed E-state index contributed by atoms with van der Waals surface area (Å²) in [5, 5.41) is 6.24. The minimum Gasteiger partial charge on any atom is -0.355 e. The van der Waals surface area contributed by atoms with Crippen LogP contribution in [-0.2, 0) is 4.79 Å². The van der Waals surface area contributed by atoms with Gasteiger partial charge >= 0.3 is 0 Å². The highest BCUT2D eigenvalue weighted by Crippen LogP contribution is 2.31. The summed E-state index contributed by atoms with van der Waals surface area (Å²) in [4.78, 5) is 15.7. The molecule has 1 saturated heterocycles. The standard InChI is InChI=1S/C13H20BrN3OS/c1-3-16-13(18)10-8-15-6-7-17(10)9(2)11-4-5-12(14)19-11/h4-5,9-10,15H,3,6-8H2,1-2H3,(H,16,18). The number of hydrogen-bond donors (Lipinski definition) is 2. The molecule has 2 rings (SSSR count). The lowest BCUT2D eigenvalue weighted by Crippen LogP contribution is -2.58. The predicted molar refractivity (Wildman–Crippen MR) is 82.5 cm³/mol. The predicted octanol–water partition coefficient (Wildman–Crippen LogP) is 1.98. The number of rotatable bonds is 4. The van der Waals surface area contributed by atoms with Gasteiger partial charge in [0, 0.05) is 37.1 Å². The van der Waals surface area contributed by atoms with Crippen molar-refractivity contribution in [2.24, 2.45) is 0 Å². The van der Waals surface area contributed by atoms with Crippen LogP contribution in [0.4, 0.5) is 0 Å². The maximum Gasteiger partial charge on any atom is 0.238 e. The van der Waals surface area contributed by atoms with Gasteiger partial charge in [0.15, 0.2) is 0 Å². The highest BCUT2D eigenvalue weighted by molar-refractivity contribution is 9.11. The molecule has 6 heteroatoms. The SMILES string of the molecule is CCNC(=O)C1CNCCN1C(C)c1ccc(Br)s1. The second kappa shape index (κ2) is 6.83. The molecule has 1 fully saturated rings. The number of hydrogen-bond acceptors (Lipinski definition) is 4. The van der Waals surface area contributed by atoms with Crippen LogP contribution in [0.25, 0.3) is 0 Å². The summed E-state index contributed by atoms with van der Waals surface area (Å²) in [5.74, 6) is 0.122. The topological polar surface area (TPSA) is 44.4 Å². The Bertz CT molecular complexity index is 437. The molecule has 1 aromatic heterocycles. The highest BCUT2D eigenvalue weighted by atomic mass is 79.9. The summed E-state index contributed by atoms with van der Waals surface area (Å²) in [5.41, 5.74) is 0. The Labute approximate surface area is 126 Å². The first kappa shape index (κ1) is 15.0. The fraction of sp³-hybridized carbons (Fsp3) is 0.615. The van der Waals surface area contributed by atoms with Crippen molar-refractivity contribution in [1.29, 1.82) is 0 Å². The van der Waals surface area contributed by atoms with Crippen molar-refractivity contribution in [3.05, 3.63) is 20.8 Å². The van der Waals surface area contributed by atoms with Crippen LogP contribution in [0.1, 0.15) is 24.8 Å². The van der Waals surface area contributed by atoms with Gasteiger partial charge in [-0.1, -0.05) is 0 Å². The number of amides is 1. The molecule has 1 aliphatic heterocycles. The third-order valence-corrected chi connectivity index (χ3v) is 5.24. The van der Waals surface area contributed by atoms with Gasteiger partial charge in [-0.3, -0.25) is 9.69 Å². The molecule has 19 heavy (non-hydrogen) atoms. The lowest BCUT2D eigenvalue weighted by molar-refractivity contribution is -0.127. The van der Waals surface area contributed by atoms with E-state index in [4.69, 9.17) is 0 Å². The smallest absolute Gasteiger partial charge is 0.238 e. The molecule has 1 amide bonds. The number of carbonyl (C=O) groups excluding carboxylic acids is 1. The Morgan fingerprint density at radius 2 is 2.47 bits per heavy atom. The molecule has 2 unspecified atom stereocenters. The summed E-state index contributed by atoms with van der Waals surface area (Å²) in [6.45, 7) is 7.38. The van der Waals surface area contributed by atoms with Crippen LogP contribution in [0.2, 0.25) is 0 Å². The number of nitrogens with zero attached hydrogens (tertiary/aromatic N) is 1. The normalized spacial score (nSPS) is 22.2. The van der Waals surface area contributed by atoms with Crippen LogP contribution in [0.3, 0.4) is 0 Å². The molecule has 0 aromatic carbocycles. The van der Waals surface area contributed by atoms with E-state index in [1.54, 1.807) is 11.3 Å². The van der Waals surface area contributed by atoms with Crippen molar-refractivity contribution in [3.63, 3.8) is 0 Å². The van der Waals surface area contributed by atoms with E-state index in [0.29, 0.717) is 6.54 Å². The maximum atomic E-state index is 12.2.